The van der Waals surface area contributed by atoms with Gasteiger partial charge in [-0.05, 0) is 44.4 Å². The van der Waals surface area contributed by atoms with E-state index < -0.39 is 23.5 Å². The van der Waals surface area contributed by atoms with Gasteiger partial charge in [-0.15, -0.1) is 11.3 Å². The Balaban J connectivity index is 1.81. The predicted octanol–water partition coefficient (Wildman–Crippen LogP) is 3.53. The Morgan fingerprint density at radius 2 is 2.03 bits per heavy atom. The maximum Gasteiger partial charge on any atom is 0.290 e. The Bertz CT molecular complexity index is 1090. The molecule has 32 heavy (non-hydrogen) atoms. The first-order valence-electron chi connectivity index (χ1n) is 10.4. The molecule has 0 radical (unpaired) electrons. The summed E-state index contributed by atoms with van der Waals surface area (Å²) in [6, 6.07) is 4.46. The molecule has 2 atom stereocenters. The highest BCUT2D eigenvalue weighted by Gasteiger charge is 2.45. The van der Waals surface area contributed by atoms with E-state index in [4.69, 9.17) is 14.2 Å². The lowest BCUT2D eigenvalue weighted by atomic mass is 9.94. The fourth-order valence-corrected chi connectivity index (χ4v) is 5.19. The molecule has 1 N–H and O–H groups in total. The minimum Gasteiger partial charge on any atom is -0.503 e. The van der Waals surface area contributed by atoms with Crippen molar-refractivity contribution in [3.63, 3.8) is 0 Å². The van der Waals surface area contributed by atoms with E-state index in [0.29, 0.717) is 34.2 Å². The van der Waals surface area contributed by atoms with Gasteiger partial charge < -0.3 is 24.2 Å². The molecule has 2 aromatic rings. The van der Waals surface area contributed by atoms with E-state index >= 15 is 0 Å². The third-order valence-corrected chi connectivity index (χ3v) is 6.88. The molecule has 0 bridgehead atoms. The van der Waals surface area contributed by atoms with Crippen LogP contribution in [-0.4, -0.2) is 60.2 Å². The summed E-state index contributed by atoms with van der Waals surface area (Å²) >= 11 is 1.25. The minimum absolute atomic E-state index is 0.0481. The van der Waals surface area contributed by atoms with Crippen LogP contribution in [0.15, 0.2) is 29.5 Å². The van der Waals surface area contributed by atoms with Gasteiger partial charge in [0.1, 0.15) is 0 Å². The van der Waals surface area contributed by atoms with Crippen molar-refractivity contribution in [2.24, 2.45) is 0 Å². The normalized spacial score (nSPS) is 20.9. The molecule has 9 heteroatoms. The van der Waals surface area contributed by atoms with Crippen molar-refractivity contribution in [3.8, 4) is 11.5 Å². The van der Waals surface area contributed by atoms with Crippen LogP contribution in [0.5, 0.6) is 11.5 Å². The van der Waals surface area contributed by atoms with Crippen LogP contribution in [0, 0.1) is 13.8 Å². The molecule has 0 aliphatic carbocycles. The summed E-state index contributed by atoms with van der Waals surface area (Å²) in [5.74, 6) is -0.506. The van der Waals surface area contributed by atoms with Gasteiger partial charge in [0, 0.05) is 13.2 Å². The Hall–Kier alpha value is -2.91. The topological polar surface area (TPSA) is 98.2 Å². The molecule has 170 valence electrons. The highest BCUT2D eigenvalue weighted by Crippen LogP contribution is 2.43. The monoisotopic (exact) mass is 458 g/mol. The lowest BCUT2D eigenvalue weighted by Gasteiger charge is -2.29. The van der Waals surface area contributed by atoms with Crippen molar-refractivity contribution in [3.05, 3.63) is 50.7 Å². The Labute approximate surface area is 190 Å². The van der Waals surface area contributed by atoms with Gasteiger partial charge in [0.25, 0.3) is 5.91 Å². The number of rotatable bonds is 7. The van der Waals surface area contributed by atoms with E-state index in [2.05, 4.69) is 4.98 Å². The number of ether oxygens (including phenoxy) is 3. The molecule has 1 aromatic heterocycles. The third kappa shape index (κ3) is 3.86. The number of amides is 1. The van der Waals surface area contributed by atoms with Crippen molar-refractivity contribution in [2.75, 3.05) is 27.4 Å². The highest BCUT2D eigenvalue weighted by atomic mass is 32.1. The zero-order chi connectivity index (χ0) is 23.0. The molecule has 3 heterocycles. The maximum absolute atomic E-state index is 13.6. The summed E-state index contributed by atoms with van der Waals surface area (Å²) in [6.07, 6.45) is 1.59. The van der Waals surface area contributed by atoms with E-state index in [9.17, 15) is 14.7 Å². The molecule has 0 saturated carbocycles. The van der Waals surface area contributed by atoms with Gasteiger partial charge in [-0.2, -0.15) is 0 Å². The number of aliphatic hydroxyl groups excluding tert-OH is 1. The highest BCUT2D eigenvalue weighted by molar-refractivity contribution is 7.14. The molecule has 1 saturated heterocycles. The van der Waals surface area contributed by atoms with Crippen LogP contribution in [0.2, 0.25) is 0 Å². The van der Waals surface area contributed by atoms with Crippen LogP contribution in [0.4, 0.5) is 0 Å². The summed E-state index contributed by atoms with van der Waals surface area (Å²) < 4.78 is 16.5. The molecule has 1 amide bonds. The van der Waals surface area contributed by atoms with E-state index in [1.807, 2.05) is 6.92 Å². The average molecular weight is 459 g/mol. The molecule has 4 rings (SSSR count). The smallest absolute Gasteiger partial charge is 0.290 e. The number of Topliss-reactive ketones (excluding diaryl/α,β-unsaturated/α-hetero) is 1. The van der Waals surface area contributed by atoms with Gasteiger partial charge >= 0.3 is 0 Å². The number of thiazole rings is 1. The molecule has 0 spiro atoms. The van der Waals surface area contributed by atoms with Gasteiger partial charge in [-0.3, -0.25) is 9.59 Å². The van der Waals surface area contributed by atoms with Gasteiger partial charge in [0.2, 0.25) is 5.78 Å². The second-order valence-corrected chi connectivity index (χ2v) is 9.05. The number of ketones is 1. The maximum atomic E-state index is 13.6. The fraction of sp³-hybridized carbons (Fsp3) is 0.435. The zero-order valence-corrected chi connectivity index (χ0v) is 19.3. The molecular weight excluding hydrogens is 432 g/mol. The van der Waals surface area contributed by atoms with Gasteiger partial charge in [-0.1, -0.05) is 6.07 Å². The molecule has 2 aliphatic rings. The van der Waals surface area contributed by atoms with Crippen molar-refractivity contribution < 1.29 is 28.9 Å². The molecule has 8 nitrogen and oxygen atoms in total. The van der Waals surface area contributed by atoms with Crippen molar-refractivity contribution >= 4 is 23.0 Å². The number of carbonyl (C=O) groups is 2. The number of methoxy groups -OCH3 is 2. The zero-order valence-electron chi connectivity index (χ0n) is 18.5. The first-order valence-corrected chi connectivity index (χ1v) is 11.2. The molecule has 1 fully saturated rings. The Kier molecular flexibility index (Phi) is 6.21. The summed E-state index contributed by atoms with van der Waals surface area (Å²) in [5.41, 5.74) is 1.26. The second kappa shape index (κ2) is 8.91. The van der Waals surface area contributed by atoms with E-state index in [1.54, 1.807) is 25.1 Å². The van der Waals surface area contributed by atoms with Gasteiger partial charge in [-0.25, -0.2) is 4.98 Å². The van der Waals surface area contributed by atoms with E-state index in [1.165, 1.54) is 30.5 Å². The first kappa shape index (κ1) is 22.3. The van der Waals surface area contributed by atoms with Crippen LogP contribution in [0.3, 0.4) is 0 Å². The number of carbonyl (C=O) groups excluding carboxylic acids is 2. The number of aryl methyl sites for hydroxylation is 2. The first-order chi connectivity index (χ1) is 15.3. The largest absolute Gasteiger partial charge is 0.503 e. The van der Waals surface area contributed by atoms with Crippen LogP contribution >= 0.6 is 11.3 Å². The third-order valence-electron chi connectivity index (χ3n) is 5.81. The summed E-state index contributed by atoms with van der Waals surface area (Å²) in [5, 5.41) is 11.6. The quantitative estimate of drug-likeness (QED) is 0.634. The Morgan fingerprint density at radius 1 is 1.28 bits per heavy atom. The van der Waals surface area contributed by atoms with E-state index in [0.717, 1.165) is 17.8 Å². The predicted molar refractivity (Wildman–Crippen MR) is 119 cm³/mol. The summed E-state index contributed by atoms with van der Waals surface area (Å²) in [7, 11) is 3.06. The number of nitrogens with zero attached hydrogens (tertiary/aromatic N) is 2. The SMILES string of the molecule is COc1ccc(C2C(C(=O)c3sc(C)nc3C)=C(O)C(=O)N2CC2CCCO2)cc1OC. The van der Waals surface area contributed by atoms with Crippen LogP contribution in [0.25, 0.3) is 0 Å². The minimum atomic E-state index is -0.777. The van der Waals surface area contributed by atoms with Gasteiger partial charge in [0.15, 0.2) is 17.3 Å². The number of aromatic nitrogens is 1. The number of benzene rings is 1. The lowest BCUT2D eigenvalue weighted by molar-refractivity contribution is -0.131. The van der Waals surface area contributed by atoms with E-state index in [-0.39, 0.29) is 18.2 Å². The molecule has 2 unspecified atom stereocenters. The average Bonchev–Trinajstić information content (AvgIpc) is 3.48. The van der Waals surface area contributed by atoms with Crippen LogP contribution in [0.1, 0.15) is 44.8 Å². The molecule has 1 aromatic carbocycles. The van der Waals surface area contributed by atoms with Crippen LogP contribution in [-0.2, 0) is 9.53 Å². The number of hydrogen-bond acceptors (Lipinski definition) is 8. The second-order valence-electron chi connectivity index (χ2n) is 7.85. The van der Waals surface area contributed by atoms with Crippen molar-refractivity contribution in [1.29, 1.82) is 0 Å². The fourth-order valence-electron chi connectivity index (χ4n) is 4.32. The number of aliphatic hydroxyl groups is 1. The number of hydrogen-bond donors (Lipinski definition) is 1. The molecular formula is C23H26N2O6S. The van der Waals surface area contributed by atoms with Crippen molar-refractivity contribution in [1.82, 2.24) is 9.88 Å². The van der Waals surface area contributed by atoms with Crippen molar-refractivity contribution in [2.45, 2.75) is 38.8 Å². The summed E-state index contributed by atoms with van der Waals surface area (Å²) in [6.45, 7) is 4.48. The Morgan fingerprint density at radius 3 is 2.62 bits per heavy atom. The summed E-state index contributed by atoms with van der Waals surface area (Å²) in [4.78, 5) is 33.0. The van der Waals surface area contributed by atoms with Crippen LogP contribution < -0.4 is 9.47 Å². The lowest BCUT2D eigenvalue weighted by Crippen LogP contribution is -2.37. The standard InChI is InChI=1S/C23H26N2O6S/c1-12-22(32-13(2)24-12)20(26)18-19(14-7-8-16(29-3)17(10-14)30-4)25(23(28)21(18)27)11-15-6-5-9-31-15/h7-8,10,15,19,27H,5-6,9,11H2,1-4H3. The van der Waals surface area contributed by atoms with Gasteiger partial charge in [0.05, 0.1) is 47.5 Å². The molecule has 2 aliphatic heterocycles.